The number of carbonyl (C=O) groups is 1. The lowest BCUT2D eigenvalue weighted by atomic mass is 9.75. The first-order valence-electron chi connectivity index (χ1n) is 7.85. The second-order valence-corrected chi connectivity index (χ2v) is 6.72. The van der Waals surface area contributed by atoms with Gasteiger partial charge in [-0.15, -0.1) is 0 Å². The number of rotatable bonds is 6. The van der Waals surface area contributed by atoms with Crippen molar-refractivity contribution in [1.29, 1.82) is 0 Å². The van der Waals surface area contributed by atoms with Gasteiger partial charge in [0.05, 0.1) is 0 Å². The molecule has 0 saturated heterocycles. The normalized spacial score (nSPS) is 29.3. The molecule has 2 N–H and O–H groups in total. The van der Waals surface area contributed by atoms with Crippen molar-refractivity contribution >= 4 is 5.97 Å². The molecule has 0 spiro atoms. The van der Waals surface area contributed by atoms with Gasteiger partial charge < -0.3 is 10.5 Å². The summed E-state index contributed by atoms with van der Waals surface area (Å²) in [5.41, 5.74) is 5.69. The van der Waals surface area contributed by atoms with Crippen LogP contribution in [0.4, 0.5) is 0 Å². The molecule has 19 heavy (non-hydrogen) atoms. The van der Waals surface area contributed by atoms with Crippen LogP contribution in [0.15, 0.2) is 0 Å². The van der Waals surface area contributed by atoms with Crippen molar-refractivity contribution in [3.63, 3.8) is 0 Å². The quantitative estimate of drug-likeness (QED) is 0.751. The zero-order valence-electron chi connectivity index (χ0n) is 13.0. The van der Waals surface area contributed by atoms with E-state index in [-0.39, 0.29) is 18.1 Å². The maximum Gasteiger partial charge on any atom is 0.306 e. The van der Waals surface area contributed by atoms with Crippen LogP contribution in [0.25, 0.3) is 0 Å². The summed E-state index contributed by atoms with van der Waals surface area (Å²) in [6.45, 7) is 8.70. The highest BCUT2D eigenvalue weighted by Crippen LogP contribution is 2.35. The molecule has 4 atom stereocenters. The van der Waals surface area contributed by atoms with Gasteiger partial charge in [-0.2, -0.15) is 0 Å². The van der Waals surface area contributed by atoms with Crippen molar-refractivity contribution in [3.8, 4) is 0 Å². The Morgan fingerprint density at radius 3 is 2.58 bits per heavy atom. The molecule has 1 aliphatic carbocycles. The second-order valence-electron chi connectivity index (χ2n) is 6.72. The topological polar surface area (TPSA) is 52.3 Å². The summed E-state index contributed by atoms with van der Waals surface area (Å²) in [5.74, 6) is 1.77. The molecule has 3 heteroatoms. The third-order valence-electron chi connectivity index (χ3n) is 4.28. The Morgan fingerprint density at radius 2 is 2.00 bits per heavy atom. The number of carbonyl (C=O) groups excluding carboxylic acids is 1. The smallest absolute Gasteiger partial charge is 0.306 e. The Kier molecular flexibility index (Phi) is 6.84. The minimum absolute atomic E-state index is 0.0367. The highest BCUT2D eigenvalue weighted by atomic mass is 16.5. The molecule has 4 unspecified atom stereocenters. The molecule has 0 heterocycles. The lowest BCUT2D eigenvalue weighted by Crippen LogP contribution is -2.35. The summed E-state index contributed by atoms with van der Waals surface area (Å²) in [5, 5.41) is 0. The number of hydrogen-bond donors (Lipinski definition) is 1. The van der Waals surface area contributed by atoms with Gasteiger partial charge >= 0.3 is 5.97 Å². The van der Waals surface area contributed by atoms with E-state index in [1.54, 1.807) is 0 Å². The molecule has 1 fully saturated rings. The van der Waals surface area contributed by atoms with Crippen molar-refractivity contribution in [2.75, 3.05) is 0 Å². The minimum Gasteiger partial charge on any atom is -0.462 e. The van der Waals surface area contributed by atoms with E-state index in [9.17, 15) is 4.79 Å². The molecule has 1 rings (SSSR count). The van der Waals surface area contributed by atoms with Crippen LogP contribution >= 0.6 is 0 Å². The van der Waals surface area contributed by atoms with E-state index in [1.165, 1.54) is 12.8 Å². The van der Waals surface area contributed by atoms with E-state index >= 15 is 0 Å². The Labute approximate surface area is 118 Å². The number of hydrogen-bond acceptors (Lipinski definition) is 3. The van der Waals surface area contributed by atoms with Crippen molar-refractivity contribution in [1.82, 2.24) is 0 Å². The molecule has 112 valence electrons. The third-order valence-corrected chi connectivity index (χ3v) is 4.28. The summed E-state index contributed by atoms with van der Waals surface area (Å²) >= 11 is 0. The lowest BCUT2D eigenvalue weighted by Gasteiger charge is -2.36. The summed E-state index contributed by atoms with van der Waals surface area (Å²) in [6.07, 6.45) is 5.86. The third kappa shape index (κ3) is 5.94. The molecule has 1 aliphatic rings. The zero-order chi connectivity index (χ0) is 14.4. The van der Waals surface area contributed by atoms with Crippen LogP contribution in [0, 0.1) is 17.8 Å². The van der Waals surface area contributed by atoms with Gasteiger partial charge in [0, 0.05) is 12.5 Å². The monoisotopic (exact) mass is 269 g/mol. The van der Waals surface area contributed by atoms with Crippen LogP contribution in [0.5, 0.6) is 0 Å². The molecule has 0 radical (unpaired) electrons. The first-order valence-corrected chi connectivity index (χ1v) is 7.85. The fraction of sp³-hybridized carbons (Fsp3) is 0.938. The van der Waals surface area contributed by atoms with Crippen LogP contribution in [0.3, 0.4) is 0 Å². The van der Waals surface area contributed by atoms with E-state index in [4.69, 9.17) is 10.5 Å². The summed E-state index contributed by atoms with van der Waals surface area (Å²) < 4.78 is 5.74. The zero-order valence-corrected chi connectivity index (χ0v) is 13.0. The van der Waals surface area contributed by atoms with Crippen molar-refractivity contribution in [2.45, 2.75) is 78.4 Å². The van der Waals surface area contributed by atoms with Gasteiger partial charge in [0.25, 0.3) is 0 Å². The fourth-order valence-corrected chi connectivity index (χ4v) is 3.05. The average Bonchev–Trinajstić information content (AvgIpc) is 2.27. The fourth-order valence-electron chi connectivity index (χ4n) is 3.05. The van der Waals surface area contributed by atoms with E-state index in [0.29, 0.717) is 24.2 Å². The standard InChI is InChI=1S/C16H31NO2/c1-11(2)14-9-8-12(3)10-15(14)19-16(18)7-5-6-13(4)17/h11-15H,5-10,17H2,1-4H3. The average molecular weight is 269 g/mol. The van der Waals surface area contributed by atoms with E-state index in [0.717, 1.165) is 19.3 Å². The molecule has 0 aromatic rings. The Morgan fingerprint density at radius 1 is 1.32 bits per heavy atom. The summed E-state index contributed by atoms with van der Waals surface area (Å²) in [6, 6.07) is 0.172. The number of nitrogens with two attached hydrogens (primary N) is 1. The van der Waals surface area contributed by atoms with Gasteiger partial charge in [0.1, 0.15) is 6.10 Å². The highest BCUT2D eigenvalue weighted by molar-refractivity contribution is 5.69. The van der Waals surface area contributed by atoms with Crippen molar-refractivity contribution in [2.24, 2.45) is 23.5 Å². The molecular formula is C16H31NO2. The first-order chi connectivity index (χ1) is 8.90. The Bertz CT molecular complexity index is 276. The maximum atomic E-state index is 11.9. The van der Waals surface area contributed by atoms with Gasteiger partial charge in [-0.25, -0.2) is 0 Å². The first kappa shape index (κ1) is 16.5. The van der Waals surface area contributed by atoms with Crippen molar-refractivity contribution in [3.05, 3.63) is 0 Å². The van der Waals surface area contributed by atoms with Crippen LogP contribution in [-0.2, 0) is 9.53 Å². The van der Waals surface area contributed by atoms with E-state index in [2.05, 4.69) is 20.8 Å². The summed E-state index contributed by atoms with van der Waals surface area (Å²) in [7, 11) is 0. The maximum absolute atomic E-state index is 11.9. The van der Waals surface area contributed by atoms with E-state index < -0.39 is 0 Å². The molecule has 3 nitrogen and oxygen atoms in total. The van der Waals surface area contributed by atoms with Gasteiger partial charge in [0.2, 0.25) is 0 Å². The van der Waals surface area contributed by atoms with Crippen LogP contribution < -0.4 is 5.73 Å². The van der Waals surface area contributed by atoms with Crippen molar-refractivity contribution < 1.29 is 9.53 Å². The minimum atomic E-state index is -0.0367. The van der Waals surface area contributed by atoms with Gasteiger partial charge in [-0.05, 0) is 50.4 Å². The molecular weight excluding hydrogens is 238 g/mol. The van der Waals surface area contributed by atoms with Gasteiger partial charge in [0.15, 0.2) is 0 Å². The number of esters is 1. The molecule has 0 aromatic carbocycles. The predicted molar refractivity (Wildman–Crippen MR) is 78.7 cm³/mol. The molecule has 0 amide bonds. The van der Waals surface area contributed by atoms with Crippen LogP contribution in [0.2, 0.25) is 0 Å². The Hall–Kier alpha value is -0.570. The molecule has 1 saturated carbocycles. The van der Waals surface area contributed by atoms with Crippen LogP contribution in [0.1, 0.15) is 66.2 Å². The molecule has 0 aliphatic heterocycles. The van der Waals surface area contributed by atoms with E-state index in [1.807, 2.05) is 6.92 Å². The number of ether oxygens (including phenoxy) is 1. The molecule has 0 aromatic heterocycles. The Balaban J connectivity index is 2.40. The predicted octanol–water partition coefficient (Wildman–Crippen LogP) is 3.51. The lowest BCUT2D eigenvalue weighted by molar-refractivity contribution is -0.156. The summed E-state index contributed by atoms with van der Waals surface area (Å²) in [4.78, 5) is 11.9. The van der Waals surface area contributed by atoms with Gasteiger partial charge in [-0.1, -0.05) is 27.2 Å². The molecule has 0 bridgehead atoms. The van der Waals surface area contributed by atoms with Gasteiger partial charge in [-0.3, -0.25) is 4.79 Å². The second kappa shape index (κ2) is 7.88. The SMILES string of the molecule is CC(N)CCCC(=O)OC1CC(C)CCC1C(C)C. The highest BCUT2D eigenvalue weighted by Gasteiger charge is 2.33. The van der Waals surface area contributed by atoms with Crippen LogP contribution in [-0.4, -0.2) is 18.1 Å². The largest absolute Gasteiger partial charge is 0.462 e.